The Balaban J connectivity index is 1.54. The predicted octanol–water partition coefficient (Wildman–Crippen LogP) is 4.58. The molecule has 0 spiro atoms. The minimum absolute atomic E-state index is 0.633. The lowest BCUT2D eigenvalue weighted by Gasteiger charge is -2.02. The molecule has 0 bridgehead atoms. The molecule has 0 atom stereocenters. The summed E-state index contributed by atoms with van der Waals surface area (Å²) in [5.74, 6) is 2.11. The summed E-state index contributed by atoms with van der Waals surface area (Å²) in [4.78, 5) is 13.0. The molecule has 0 saturated carbocycles. The second kappa shape index (κ2) is 6.22. The molecule has 5 heteroatoms. The quantitative estimate of drug-likeness (QED) is 0.407. The first-order chi connectivity index (χ1) is 11.4. The van der Waals surface area contributed by atoms with Crippen molar-refractivity contribution in [3.05, 3.63) is 73.0 Å². The van der Waals surface area contributed by atoms with E-state index in [4.69, 9.17) is 4.42 Å². The normalized spacial score (nSPS) is 11.0. The zero-order valence-corrected chi connectivity index (χ0v) is 13.0. The second-order valence-corrected chi connectivity index (χ2v) is 5.93. The third-order valence-corrected chi connectivity index (χ3v) is 4.44. The second-order valence-electron chi connectivity index (χ2n) is 4.97. The Bertz CT molecular complexity index is 932. The molecule has 0 aliphatic rings. The zero-order chi connectivity index (χ0) is 15.5. The average Bonchev–Trinajstić information content (AvgIpc) is 3.10. The van der Waals surface area contributed by atoms with E-state index in [2.05, 4.69) is 15.0 Å². The van der Waals surface area contributed by atoms with Crippen LogP contribution in [0.2, 0.25) is 0 Å². The number of nitrogens with zero attached hydrogens (tertiary/aromatic N) is 3. The van der Waals surface area contributed by atoms with Gasteiger partial charge in [0.05, 0.1) is 17.5 Å². The minimum atomic E-state index is 0.633. The monoisotopic (exact) mass is 319 g/mol. The number of rotatable bonds is 4. The summed E-state index contributed by atoms with van der Waals surface area (Å²) < 4.78 is 5.83. The van der Waals surface area contributed by atoms with Crippen molar-refractivity contribution in [3.63, 3.8) is 0 Å². The topological polar surface area (TPSA) is 51.8 Å². The maximum absolute atomic E-state index is 5.83. The van der Waals surface area contributed by atoms with Crippen molar-refractivity contribution in [3.8, 4) is 11.3 Å². The molecule has 4 rings (SSSR count). The number of aromatic nitrogens is 3. The van der Waals surface area contributed by atoms with Crippen LogP contribution in [0.3, 0.4) is 0 Å². The smallest absolute Gasteiger partial charge is 0.205 e. The zero-order valence-electron chi connectivity index (χ0n) is 12.2. The molecule has 0 fully saturated rings. The third-order valence-electron chi connectivity index (χ3n) is 3.45. The van der Waals surface area contributed by atoms with Crippen LogP contribution in [-0.4, -0.2) is 15.0 Å². The van der Waals surface area contributed by atoms with Crippen molar-refractivity contribution in [2.45, 2.75) is 10.8 Å². The van der Waals surface area contributed by atoms with Gasteiger partial charge in [0.25, 0.3) is 0 Å². The summed E-state index contributed by atoms with van der Waals surface area (Å²) in [6, 6.07) is 18.0. The molecule has 4 aromatic rings. The van der Waals surface area contributed by atoms with Gasteiger partial charge in [-0.25, -0.2) is 15.0 Å². The van der Waals surface area contributed by atoms with E-state index in [1.165, 1.54) is 0 Å². The van der Waals surface area contributed by atoms with Gasteiger partial charge in [-0.1, -0.05) is 60.3 Å². The lowest BCUT2D eigenvalue weighted by Crippen LogP contribution is -1.87. The fraction of sp³-hybridized carbons (Fsp3) is 0.0556. The van der Waals surface area contributed by atoms with Crippen LogP contribution in [0.25, 0.3) is 22.2 Å². The number of thioether (sulfide) groups is 1. The number of hydrogen-bond acceptors (Lipinski definition) is 5. The van der Waals surface area contributed by atoms with Crippen LogP contribution >= 0.6 is 11.8 Å². The van der Waals surface area contributed by atoms with E-state index in [1.54, 1.807) is 24.3 Å². The Morgan fingerprint density at radius 1 is 0.870 bits per heavy atom. The van der Waals surface area contributed by atoms with Gasteiger partial charge in [-0.15, -0.1) is 0 Å². The Morgan fingerprint density at radius 3 is 2.61 bits per heavy atom. The number of oxazole rings is 1. The number of para-hydroxylation sites is 1. The first kappa shape index (κ1) is 14.0. The molecule has 2 aromatic carbocycles. The van der Waals surface area contributed by atoms with Crippen LogP contribution in [0.5, 0.6) is 0 Å². The number of benzene rings is 2. The van der Waals surface area contributed by atoms with Gasteiger partial charge >= 0.3 is 0 Å². The van der Waals surface area contributed by atoms with Gasteiger partial charge in [0.15, 0.2) is 5.76 Å². The highest BCUT2D eigenvalue weighted by atomic mass is 32.2. The Morgan fingerprint density at radius 2 is 1.70 bits per heavy atom. The molecule has 112 valence electrons. The highest BCUT2D eigenvalue weighted by Crippen LogP contribution is 2.28. The van der Waals surface area contributed by atoms with Gasteiger partial charge in [0.2, 0.25) is 5.89 Å². The van der Waals surface area contributed by atoms with E-state index in [0.717, 1.165) is 27.3 Å². The van der Waals surface area contributed by atoms with Crippen LogP contribution in [0.4, 0.5) is 0 Å². The van der Waals surface area contributed by atoms with Crippen molar-refractivity contribution in [1.29, 1.82) is 0 Å². The van der Waals surface area contributed by atoms with Crippen LogP contribution in [0.15, 0.2) is 76.6 Å². The first-order valence-electron chi connectivity index (χ1n) is 7.23. The Kier molecular flexibility index (Phi) is 3.78. The van der Waals surface area contributed by atoms with Crippen molar-refractivity contribution >= 4 is 22.7 Å². The number of fused-ring (bicyclic) bond motifs is 1. The van der Waals surface area contributed by atoms with Gasteiger partial charge in [-0.05, 0) is 6.07 Å². The minimum Gasteiger partial charge on any atom is -0.440 e. The molecule has 0 saturated heterocycles. The Labute approximate surface area is 137 Å². The molecule has 0 N–H and O–H groups in total. The van der Waals surface area contributed by atoms with Gasteiger partial charge < -0.3 is 4.42 Å². The fourth-order valence-electron chi connectivity index (χ4n) is 2.34. The molecule has 23 heavy (non-hydrogen) atoms. The molecule has 0 radical (unpaired) electrons. The molecule has 0 aliphatic heterocycles. The summed E-state index contributed by atoms with van der Waals surface area (Å²) in [7, 11) is 0. The predicted molar refractivity (Wildman–Crippen MR) is 91.0 cm³/mol. The molecule has 2 aromatic heterocycles. The third kappa shape index (κ3) is 2.96. The van der Waals surface area contributed by atoms with Crippen molar-refractivity contribution in [1.82, 2.24) is 15.0 Å². The van der Waals surface area contributed by atoms with Crippen LogP contribution in [-0.2, 0) is 5.75 Å². The van der Waals surface area contributed by atoms with Crippen molar-refractivity contribution in [2.75, 3.05) is 0 Å². The highest BCUT2D eigenvalue weighted by Gasteiger charge is 2.09. The fourth-order valence-corrected chi connectivity index (χ4v) is 3.18. The van der Waals surface area contributed by atoms with Crippen LogP contribution in [0, 0.1) is 0 Å². The van der Waals surface area contributed by atoms with Gasteiger partial charge in [-0.2, -0.15) is 0 Å². The maximum Gasteiger partial charge on any atom is 0.205 e. The van der Waals surface area contributed by atoms with E-state index in [-0.39, 0.29) is 0 Å². The largest absolute Gasteiger partial charge is 0.440 e. The Hall–Kier alpha value is -2.66. The van der Waals surface area contributed by atoms with Crippen molar-refractivity contribution < 1.29 is 4.42 Å². The van der Waals surface area contributed by atoms with Gasteiger partial charge in [0.1, 0.15) is 11.4 Å². The van der Waals surface area contributed by atoms with E-state index >= 15 is 0 Å². The summed E-state index contributed by atoms with van der Waals surface area (Å²) in [6.45, 7) is 0. The maximum atomic E-state index is 5.83. The molecular formula is C18H13N3OS. The van der Waals surface area contributed by atoms with Gasteiger partial charge in [0, 0.05) is 10.9 Å². The molecule has 0 unspecified atom stereocenters. The molecule has 2 heterocycles. The highest BCUT2D eigenvalue weighted by molar-refractivity contribution is 7.98. The molecule has 4 nitrogen and oxygen atoms in total. The lowest BCUT2D eigenvalue weighted by atomic mass is 10.2. The van der Waals surface area contributed by atoms with Gasteiger partial charge in [-0.3, -0.25) is 0 Å². The standard InChI is InChI=1S/C18H13N3OS/c1-2-6-13(7-3-1)16-10-19-17(22-16)11-23-18-14-8-4-5-9-15(14)20-12-21-18/h1-10,12H,11H2. The lowest BCUT2D eigenvalue weighted by molar-refractivity contribution is 0.530. The number of hydrogen-bond donors (Lipinski definition) is 0. The van der Waals surface area contributed by atoms with E-state index in [9.17, 15) is 0 Å². The molecule has 0 amide bonds. The van der Waals surface area contributed by atoms with Crippen LogP contribution in [0.1, 0.15) is 5.89 Å². The SMILES string of the molecule is c1ccc(-c2cnc(CSc3ncnc4ccccc34)o2)cc1. The summed E-state index contributed by atoms with van der Waals surface area (Å²) in [6.07, 6.45) is 3.36. The molecule has 0 aliphatic carbocycles. The molecular weight excluding hydrogens is 306 g/mol. The van der Waals surface area contributed by atoms with E-state index in [1.807, 2.05) is 54.6 Å². The average molecular weight is 319 g/mol. The summed E-state index contributed by atoms with van der Waals surface area (Å²) in [5, 5.41) is 1.99. The summed E-state index contributed by atoms with van der Waals surface area (Å²) >= 11 is 1.60. The van der Waals surface area contributed by atoms with Crippen LogP contribution < -0.4 is 0 Å². The van der Waals surface area contributed by atoms with E-state index < -0.39 is 0 Å². The first-order valence-corrected chi connectivity index (χ1v) is 8.21. The van der Waals surface area contributed by atoms with Crippen molar-refractivity contribution in [2.24, 2.45) is 0 Å². The summed E-state index contributed by atoms with van der Waals surface area (Å²) in [5.41, 5.74) is 1.98. The van der Waals surface area contributed by atoms with E-state index in [0.29, 0.717) is 11.6 Å².